The van der Waals surface area contributed by atoms with Crippen LogP contribution >= 0.6 is 0 Å². The molecular weight excluding hydrogens is 328 g/mol. The predicted octanol–water partition coefficient (Wildman–Crippen LogP) is 1.38. The molecule has 1 unspecified atom stereocenters. The maximum absolute atomic E-state index is 12.4. The number of hydrogen-bond donors (Lipinski definition) is 0. The summed E-state index contributed by atoms with van der Waals surface area (Å²) in [7, 11) is -1.39. The largest absolute Gasteiger partial charge is 0.342 e. The molecule has 0 saturated carbocycles. The Morgan fingerprint density at radius 1 is 1.29 bits per heavy atom. The Labute approximate surface area is 143 Å². The Morgan fingerprint density at radius 3 is 2.54 bits per heavy atom. The molecule has 2 amide bonds. The van der Waals surface area contributed by atoms with E-state index in [2.05, 4.69) is 0 Å². The zero-order valence-electron chi connectivity index (χ0n) is 14.4. The molecule has 0 spiro atoms. The molecule has 2 rings (SSSR count). The number of rotatable bonds is 5. The molecule has 6 nitrogen and oxygen atoms in total. The number of amides is 2. The van der Waals surface area contributed by atoms with E-state index in [1.54, 1.807) is 11.9 Å². The van der Waals surface area contributed by atoms with Crippen LogP contribution in [0.4, 0.5) is 5.69 Å². The smallest absolute Gasteiger partial charge is 0.224 e. The van der Waals surface area contributed by atoms with Gasteiger partial charge in [0, 0.05) is 38.7 Å². The lowest BCUT2D eigenvalue weighted by Gasteiger charge is -2.26. The number of benzene rings is 1. The minimum absolute atomic E-state index is 0.0313. The average Bonchev–Trinajstić information content (AvgIpc) is 2.86. The van der Waals surface area contributed by atoms with Gasteiger partial charge in [-0.15, -0.1) is 0 Å². The molecule has 1 saturated heterocycles. The van der Waals surface area contributed by atoms with E-state index in [9.17, 15) is 18.0 Å². The molecule has 0 aliphatic carbocycles. The zero-order valence-corrected chi connectivity index (χ0v) is 15.2. The summed E-state index contributed by atoms with van der Waals surface area (Å²) in [5.41, 5.74) is 1.81. The Morgan fingerprint density at radius 2 is 2.00 bits per heavy atom. The van der Waals surface area contributed by atoms with Gasteiger partial charge in [-0.05, 0) is 31.0 Å². The molecule has 0 radical (unpaired) electrons. The lowest BCUT2D eigenvalue weighted by molar-refractivity contribution is -0.131. The Balaban J connectivity index is 1.99. The van der Waals surface area contributed by atoms with Crippen molar-refractivity contribution in [3.63, 3.8) is 0 Å². The van der Waals surface area contributed by atoms with Crippen molar-refractivity contribution in [2.24, 2.45) is 0 Å². The number of anilines is 1. The molecule has 1 atom stereocenters. The minimum atomic E-state index is -3.02. The van der Waals surface area contributed by atoms with Crippen molar-refractivity contribution < 1.29 is 18.0 Å². The second-order valence-electron chi connectivity index (χ2n) is 6.32. The van der Waals surface area contributed by atoms with Crippen LogP contribution in [-0.2, 0) is 19.4 Å². The van der Waals surface area contributed by atoms with Crippen LogP contribution in [0.2, 0.25) is 0 Å². The molecule has 132 valence electrons. The molecule has 1 aromatic rings. The highest BCUT2D eigenvalue weighted by Gasteiger charge is 2.32. The second kappa shape index (κ2) is 7.34. The van der Waals surface area contributed by atoms with Gasteiger partial charge in [0.2, 0.25) is 11.8 Å². The quantitative estimate of drug-likeness (QED) is 0.802. The molecule has 0 aromatic heterocycles. The lowest BCUT2D eigenvalue weighted by Crippen LogP contribution is -2.40. The number of carbonyl (C=O) groups excluding carboxylic acids is 2. The summed E-state index contributed by atoms with van der Waals surface area (Å²) in [6, 6.07) is 7.30. The van der Waals surface area contributed by atoms with Gasteiger partial charge >= 0.3 is 0 Å². The molecule has 1 aromatic carbocycles. The fourth-order valence-electron chi connectivity index (χ4n) is 2.93. The Hall–Kier alpha value is -1.89. The maximum Gasteiger partial charge on any atom is 0.224 e. The molecular formula is C17H24N2O4S. The fourth-order valence-corrected chi connectivity index (χ4v) is 4.71. The van der Waals surface area contributed by atoms with Gasteiger partial charge in [-0.2, -0.15) is 0 Å². The van der Waals surface area contributed by atoms with Crippen LogP contribution in [-0.4, -0.2) is 56.3 Å². The van der Waals surface area contributed by atoms with Crippen molar-refractivity contribution in [1.29, 1.82) is 0 Å². The molecule has 1 aliphatic rings. The van der Waals surface area contributed by atoms with Crippen LogP contribution in [0.5, 0.6) is 0 Å². The first kappa shape index (κ1) is 18.4. The summed E-state index contributed by atoms with van der Waals surface area (Å²) in [6.07, 6.45) is 0.652. The molecule has 0 N–H and O–H groups in total. The monoisotopic (exact) mass is 352 g/mol. The first-order valence-corrected chi connectivity index (χ1v) is 9.82. The van der Waals surface area contributed by atoms with E-state index < -0.39 is 9.84 Å². The predicted molar refractivity (Wildman–Crippen MR) is 93.7 cm³/mol. The minimum Gasteiger partial charge on any atom is -0.342 e. The summed E-state index contributed by atoms with van der Waals surface area (Å²) in [6.45, 7) is 3.70. The van der Waals surface area contributed by atoms with Crippen LogP contribution in [0.15, 0.2) is 24.3 Å². The SMILES string of the molecule is CC(=O)N(CCC(=O)N(C)C1CCS(=O)(=O)C1)c1cccc(C)c1. The molecule has 0 bridgehead atoms. The third-order valence-corrected chi connectivity index (χ3v) is 6.14. The van der Waals surface area contributed by atoms with E-state index in [4.69, 9.17) is 0 Å². The number of nitrogens with zero attached hydrogens (tertiary/aromatic N) is 2. The topological polar surface area (TPSA) is 74.8 Å². The van der Waals surface area contributed by atoms with E-state index in [1.165, 1.54) is 11.8 Å². The molecule has 24 heavy (non-hydrogen) atoms. The number of aryl methyl sites for hydroxylation is 1. The van der Waals surface area contributed by atoms with Crippen molar-refractivity contribution in [2.45, 2.75) is 32.7 Å². The fraction of sp³-hybridized carbons (Fsp3) is 0.529. The first-order valence-electron chi connectivity index (χ1n) is 8.00. The molecule has 7 heteroatoms. The van der Waals surface area contributed by atoms with E-state index >= 15 is 0 Å². The van der Waals surface area contributed by atoms with Crippen LogP contribution in [0.1, 0.15) is 25.3 Å². The Kier molecular flexibility index (Phi) is 5.64. The summed E-state index contributed by atoms with van der Waals surface area (Å²) in [4.78, 5) is 27.3. The molecule has 1 aliphatic heterocycles. The number of sulfone groups is 1. The first-order chi connectivity index (χ1) is 11.2. The van der Waals surface area contributed by atoms with Gasteiger partial charge < -0.3 is 9.80 Å². The van der Waals surface area contributed by atoms with Crippen molar-refractivity contribution in [3.8, 4) is 0 Å². The highest BCUT2D eigenvalue weighted by molar-refractivity contribution is 7.91. The molecule has 1 fully saturated rings. The highest BCUT2D eigenvalue weighted by Crippen LogP contribution is 2.19. The van der Waals surface area contributed by atoms with Gasteiger partial charge in [0.25, 0.3) is 0 Å². The number of hydrogen-bond acceptors (Lipinski definition) is 4. The standard InChI is InChI=1S/C17H24N2O4S/c1-13-5-4-6-15(11-13)19(14(2)20)9-7-17(21)18(3)16-8-10-24(22,23)12-16/h4-6,11,16H,7-10,12H2,1-3H3. The van der Waals surface area contributed by atoms with Crippen molar-refractivity contribution >= 4 is 27.3 Å². The summed E-state index contributed by atoms with van der Waals surface area (Å²) >= 11 is 0. The number of carbonyl (C=O) groups is 2. The van der Waals surface area contributed by atoms with Crippen LogP contribution in [0.25, 0.3) is 0 Å². The van der Waals surface area contributed by atoms with Gasteiger partial charge in [0.1, 0.15) is 0 Å². The maximum atomic E-state index is 12.4. The van der Waals surface area contributed by atoms with Crippen molar-refractivity contribution in [2.75, 3.05) is 30.0 Å². The summed E-state index contributed by atoms with van der Waals surface area (Å²) < 4.78 is 23.1. The van der Waals surface area contributed by atoms with Crippen LogP contribution in [0.3, 0.4) is 0 Å². The van der Waals surface area contributed by atoms with E-state index in [1.807, 2.05) is 31.2 Å². The van der Waals surface area contributed by atoms with Crippen LogP contribution < -0.4 is 4.90 Å². The van der Waals surface area contributed by atoms with E-state index in [0.29, 0.717) is 6.42 Å². The van der Waals surface area contributed by atoms with Gasteiger partial charge in [-0.25, -0.2) is 8.42 Å². The van der Waals surface area contributed by atoms with Gasteiger partial charge in [-0.1, -0.05) is 12.1 Å². The highest BCUT2D eigenvalue weighted by atomic mass is 32.2. The van der Waals surface area contributed by atoms with Crippen LogP contribution in [0, 0.1) is 6.92 Å². The Bertz CT molecular complexity index is 730. The van der Waals surface area contributed by atoms with E-state index in [0.717, 1.165) is 11.3 Å². The third-order valence-electron chi connectivity index (χ3n) is 4.39. The molecule has 1 heterocycles. The lowest BCUT2D eigenvalue weighted by atomic mass is 10.2. The van der Waals surface area contributed by atoms with Gasteiger partial charge in [0.15, 0.2) is 9.84 Å². The van der Waals surface area contributed by atoms with Crippen molar-refractivity contribution in [3.05, 3.63) is 29.8 Å². The second-order valence-corrected chi connectivity index (χ2v) is 8.55. The zero-order chi connectivity index (χ0) is 17.9. The van der Waals surface area contributed by atoms with Gasteiger partial charge in [0.05, 0.1) is 11.5 Å². The van der Waals surface area contributed by atoms with Gasteiger partial charge in [-0.3, -0.25) is 9.59 Å². The third kappa shape index (κ3) is 4.56. The summed E-state index contributed by atoms with van der Waals surface area (Å²) in [5, 5.41) is 0. The van der Waals surface area contributed by atoms with Crippen molar-refractivity contribution in [1.82, 2.24) is 4.90 Å². The average molecular weight is 352 g/mol. The summed E-state index contributed by atoms with van der Waals surface area (Å²) in [5.74, 6) is -0.0997. The van der Waals surface area contributed by atoms with E-state index in [-0.39, 0.29) is 42.3 Å². The normalized spacial score (nSPS) is 19.0.